The number of carbonyl (C=O) groups excluding carboxylic acids is 1. The summed E-state index contributed by atoms with van der Waals surface area (Å²) in [5, 5.41) is 14.4. The number of amides is 2. The lowest BCUT2D eigenvalue weighted by Crippen LogP contribution is -2.49. The second-order valence-electron chi connectivity index (χ2n) is 4.68. The van der Waals surface area contributed by atoms with E-state index in [2.05, 4.69) is 10.6 Å². The molecule has 1 aromatic heterocycles. The van der Waals surface area contributed by atoms with Gasteiger partial charge in [-0.1, -0.05) is 18.0 Å². The van der Waals surface area contributed by atoms with E-state index in [4.69, 9.17) is 16.7 Å². The van der Waals surface area contributed by atoms with E-state index in [0.29, 0.717) is 23.7 Å². The maximum absolute atomic E-state index is 11.6. The first kappa shape index (κ1) is 14.1. The number of urea groups is 1. The third-order valence-electron chi connectivity index (χ3n) is 3.40. The van der Waals surface area contributed by atoms with Crippen LogP contribution in [-0.2, 0) is 11.3 Å². The normalized spacial score (nSPS) is 16.5. The topological polar surface area (TPSA) is 78.4 Å². The third kappa shape index (κ3) is 3.39. The fraction of sp³-hybridized carbons (Fsp3) is 0.500. The Hall–Kier alpha value is -1.27. The van der Waals surface area contributed by atoms with Crippen molar-refractivity contribution in [3.8, 4) is 0 Å². The summed E-state index contributed by atoms with van der Waals surface area (Å²) < 4.78 is 0.677. The number of thiophene rings is 1. The molecule has 0 radical (unpaired) electrons. The Morgan fingerprint density at radius 2 is 2.11 bits per heavy atom. The fourth-order valence-corrected chi connectivity index (χ4v) is 3.02. The van der Waals surface area contributed by atoms with E-state index in [-0.39, 0.29) is 12.6 Å². The number of carboxylic acid groups (broad SMARTS) is 1. The monoisotopic (exact) mass is 302 g/mol. The molecular weight excluding hydrogens is 288 g/mol. The molecule has 7 heteroatoms. The minimum absolute atomic E-state index is 0.180. The molecule has 1 aliphatic carbocycles. The van der Waals surface area contributed by atoms with E-state index in [1.807, 2.05) is 6.07 Å². The van der Waals surface area contributed by atoms with Crippen LogP contribution in [0.3, 0.4) is 0 Å². The maximum atomic E-state index is 11.6. The number of carboxylic acids is 1. The van der Waals surface area contributed by atoms with Gasteiger partial charge in [0.1, 0.15) is 0 Å². The van der Waals surface area contributed by atoms with Crippen LogP contribution in [-0.4, -0.2) is 23.7 Å². The molecule has 0 unspecified atom stereocenters. The Morgan fingerprint density at radius 3 is 2.58 bits per heavy atom. The van der Waals surface area contributed by atoms with E-state index in [1.54, 1.807) is 6.07 Å². The molecule has 0 spiro atoms. The highest BCUT2D eigenvalue weighted by atomic mass is 35.5. The van der Waals surface area contributed by atoms with Crippen LogP contribution in [0.5, 0.6) is 0 Å². The summed E-state index contributed by atoms with van der Waals surface area (Å²) in [4.78, 5) is 23.7. The summed E-state index contributed by atoms with van der Waals surface area (Å²) in [5.74, 6) is -0.830. The molecule has 3 N–H and O–H groups in total. The molecule has 1 saturated carbocycles. The molecule has 104 valence electrons. The van der Waals surface area contributed by atoms with Crippen LogP contribution in [0.25, 0.3) is 0 Å². The molecule has 0 atom stereocenters. The average Bonchev–Trinajstić information content (AvgIpc) is 2.70. The molecule has 19 heavy (non-hydrogen) atoms. The summed E-state index contributed by atoms with van der Waals surface area (Å²) in [7, 11) is 0. The van der Waals surface area contributed by atoms with Gasteiger partial charge < -0.3 is 15.7 Å². The van der Waals surface area contributed by atoms with Gasteiger partial charge in [-0.05, 0) is 25.0 Å². The Kier molecular flexibility index (Phi) is 4.31. The number of carbonyl (C=O) groups is 2. The van der Waals surface area contributed by atoms with E-state index in [9.17, 15) is 9.59 Å². The highest BCUT2D eigenvalue weighted by Gasteiger charge is 2.44. The van der Waals surface area contributed by atoms with Crippen molar-refractivity contribution < 1.29 is 14.7 Å². The van der Waals surface area contributed by atoms with Crippen LogP contribution < -0.4 is 10.6 Å². The first-order valence-electron chi connectivity index (χ1n) is 6.01. The predicted molar refractivity (Wildman–Crippen MR) is 73.5 cm³/mol. The van der Waals surface area contributed by atoms with Gasteiger partial charge in [0.05, 0.1) is 16.3 Å². The summed E-state index contributed by atoms with van der Waals surface area (Å²) >= 11 is 7.19. The van der Waals surface area contributed by atoms with E-state index >= 15 is 0 Å². The second-order valence-corrected chi connectivity index (χ2v) is 6.48. The lowest BCUT2D eigenvalue weighted by Gasteiger charge is -2.37. The highest BCUT2D eigenvalue weighted by Crippen LogP contribution is 2.40. The van der Waals surface area contributed by atoms with Gasteiger partial charge in [0.2, 0.25) is 0 Å². The molecule has 1 heterocycles. The van der Waals surface area contributed by atoms with Crippen LogP contribution >= 0.6 is 22.9 Å². The second kappa shape index (κ2) is 5.79. The van der Waals surface area contributed by atoms with E-state index < -0.39 is 11.4 Å². The number of hydrogen-bond donors (Lipinski definition) is 3. The molecule has 0 bridgehead atoms. The number of rotatable bonds is 5. The zero-order chi connectivity index (χ0) is 13.9. The molecule has 1 aliphatic rings. The summed E-state index contributed by atoms with van der Waals surface area (Å²) in [6.45, 7) is 0.572. The lowest BCUT2D eigenvalue weighted by molar-refractivity contribution is -0.153. The summed E-state index contributed by atoms with van der Waals surface area (Å²) in [6.07, 6.45) is 2.16. The molecule has 0 aromatic carbocycles. The van der Waals surface area contributed by atoms with Crippen LogP contribution in [0.15, 0.2) is 12.1 Å². The Balaban J connectivity index is 1.74. The molecule has 2 rings (SSSR count). The zero-order valence-corrected chi connectivity index (χ0v) is 11.8. The average molecular weight is 303 g/mol. The van der Waals surface area contributed by atoms with Crippen molar-refractivity contribution in [3.05, 3.63) is 21.3 Å². The lowest BCUT2D eigenvalue weighted by atomic mass is 9.69. The molecule has 2 amide bonds. The fourth-order valence-electron chi connectivity index (χ4n) is 2.00. The minimum atomic E-state index is -0.830. The Labute approximate surface area is 120 Å². The molecule has 0 saturated heterocycles. The summed E-state index contributed by atoms with van der Waals surface area (Å²) in [5.41, 5.74) is -0.760. The van der Waals surface area contributed by atoms with Gasteiger partial charge in [-0.3, -0.25) is 4.79 Å². The largest absolute Gasteiger partial charge is 0.481 e. The van der Waals surface area contributed by atoms with Gasteiger partial charge in [-0.15, -0.1) is 11.3 Å². The van der Waals surface area contributed by atoms with Gasteiger partial charge >= 0.3 is 12.0 Å². The van der Waals surface area contributed by atoms with Gasteiger partial charge in [0.25, 0.3) is 0 Å². The zero-order valence-electron chi connectivity index (χ0n) is 10.2. The quantitative estimate of drug-likeness (QED) is 0.782. The van der Waals surface area contributed by atoms with Crippen molar-refractivity contribution in [3.63, 3.8) is 0 Å². The van der Waals surface area contributed by atoms with E-state index in [1.165, 1.54) is 11.3 Å². The van der Waals surface area contributed by atoms with Crippen molar-refractivity contribution >= 4 is 34.9 Å². The first-order valence-corrected chi connectivity index (χ1v) is 7.21. The molecular formula is C12H15ClN2O3S. The maximum Gasteiger partial charge on any atom is 0.315 e. The standard InChI is InChI=1S/C12H15ClN2O3S/c13-9-3-2-8(19-9)6-14-11(18)15-7-12(10(16)17)4-1-5-12/h2-3H,1,4-7H2,(H,16,17)(H2,14,15,18). The van der Waals surface area contributed by atoms with Crippen LogP contribution in [0.1, 0.15) is 24.1 Å². The van der Waals surface area contributed by atoms with E-state index in [0.717, 1.165) is 11.3 Å². The van der Waals surface area contributed by atoms with Crippen LogP contribution in [0, 0.1) is 5.41 Å². The number of nitrogens with one attached hydrogen (secondary N) is 2. The molecule has 5 nitrogen and oxygen atoms in total. The molecule has 1 fully saturated rings. The van der Waals surface area contributed by atoms with Gasteiger partial charge in [-0.2, -0.15) is 0 Å². The SMILES string of the molecule is O=C(NCc1ccc(Cl)s1)NCC1(C(=O)O)CCC1. The van der Waals surface area contributed by atoms with Crippen LogP contribution in [0.2, 0.25) is 4.34 Å². The number of hydrogen-bond acceptors (Lipinski definition) is 3. The molecule has 1 aromatic rings. The predicted octanol–water partition coefficient (Wildman–Crippen LogP) is 2.46. The smallest absolute Gasteiger partial charge is 0.315 e. The summed E-state index contributed by atoms with van der Waals surface area (Å²) in [6, 6.07) is 3.27. The Bertz CT molecular complexity index is 485. The van der Waals surface area contributed by atoms with Crippen molar-refractivity contribution in [2.24, 2.45) is 5.41 Å². The first-order chi connectivity index (χ1) is 9.02. The van der Waals surface area contributed by atoms with Gasteiger partial charge in [0, 0.05) is 11.4 Å². The van der Waals surface area contributed by atoms with Crippen LogP contribution in [0.4, 0.5) is 4.79 Å². The minimum Gasteiger partial charge on any atom is -0.481 e. The van der Waals surface area contributed by atoms with Gasteiger partial charge in [0.15, 0.2) is 0 Å². The van der Waals surface area contributed by atoms with Crippen molar-refractivity contribution in [2.75, 3.05) is 6.54 Å². The van der Waals surface area contributed by atoms with Gasteiger partial charge in [-0.25, -0.2) is 4.79 Å². The number of aliphatic carboxylic acids is 1. The Morgan fingerprint density at radius 1 is 1.37 bits per heavy atom. The third-order valence-corrected chi connectivity index (χ3v) is 4.63. The van der Waals surface area contributed by atoms with Crippen molar-refractivity contribution in [2.45, 2.75) is 25.8 Å². The number of halogens is 1. The molecule has 0 aliphatic heterocycles. The van der Waals surface area contributed by atoms with Crippen molar-refractivity contribution in [1.82, 2.24) is 10.6 Å². The highest BCUT2D eigenvalue weighted by molar-refractivity contribution is 7.16. The van der Waals surface area contributed by atoms with Crippen molar-refractivity contribution in [1.29, 1.82) is 0 Å².